The molecule has 0 bridgehead atoms. The Morgan fingerprint density at radius 3 is 2.47 bits per heavy atom. The molecule has 0 radical (unpaired) electrons. The van der Waals surface area contributed by atoms with E-state index in [2.05, 4.69) is 31.2 Å². The Hall–Kier alpha value is -1.47. The van der Waals surface area contributed by atoms with Crippen LogP contribution in [0.2, 0.25) is 0 Å². The first-order valence-corrected chi connectivity index (χ1v) is 6.96. The second-order valence-electron chi connectivity index (χ2n) is 4.85. The summed E-state index contributed by atoms with van der Waals surface area (Å²) in [6.07, 6.45) is 0.945. The molecular weight excluding hydrogens is 256 g/mol. The highest BCUT2D eigenvalue weighted by Gasteiger charge is 2.16. The van der Waals surface area contributed by atoms with Crippen molar-refractivity contribution in [2.75, 3.05) is 7.11 Å². The molecule has 0 aliphatic carbocycles. The molecule has 0 aromatic heterocycles. The molecule has 0 fully saturated rings. The molecule has 0 N–H and O–H groups in total. The summed E-state index contributed by atoms with van der Waals surface area (Å²) < 4.78 is 5.25. The molecule has 0 amide bonds. The Kier molecular flexibility index (Phi) is 4.86. The number of hydrogen-bond donors (Lipinski definition) is 0. The van der Waals surface area contributed by atoms with Gasteiger partial charge in [0.2, 0.25) is 0 Å². The minimum atomic E-state index is 0.0346. The monoisotopic (exact) mass is 274 g/mol. The van der Waals surface area contributed by atoms with Gasteiger partial charge < -0.3 is 4.74 Å². The summed E-state index contributed by atoms with van der Waals surface area (Å²) in [4.78, 5) is 0. The first kappa shape index (κ1) is 14.0. The summed E-state index contributed by atoms with van der Waals surface area (Å²) in [6, 6.07) is 18.4. The second kappa shape index (κ2) is 6.63. The third-order valence-electron chi connectivity index (χ3n) is 3.31. The van der Waals surface area contributed by atoms with Crippen LogP contribution in [0.25, 0.3) is 0 Å². The minimum absolute atomic E-state index is 0.0346. The van der Waals surface area contributed by atoms with Crippen LogP contribution in [0.5, 0.6) is 5.75 Å². The Balaban J connectivity index is 2.06. The predicted octanol–water partition coefficient (Wildman–Crippen LogP) is 4.85. The van der Waals surface area contributed by atoms with Gasteiger partial charge in [-0.05, 0) is 35.6 Å². The standard InChI is InChI=1S/C17H19ClO/c1-13(17(18)15-8-4-3-5-9-15)11-14-7-6-10-16(12-14)19-2/h3-10,12-13,17H,11H2,1-2H3. The van der Waals surface area contributed by atoms with E-state index in [1.165, 1.54) is 11.1 Å². The first-order chi connectivity index (χ1) is 9.20. The predicted molar refractivity (Wildman–Crippen MR) is 80.9 cm³/mol. The highest BCUT2D eigenvalue weighted by Crippen LogP contribution is 2.31. The number of alkyl halides is 1. The molecular formula is C17H19ClO. The molecule has 0 aliphatic heterocycles. The molecule has 2 atom stereocenters. The van der Waals surface area contributed by atoms with Crippen molar-refractivity contribution in [3.05, 3.63) is 65.7 Å². The van der Waals surface area contributed by atoms with Crippen molar-refractivity contribution >= 4 is 11.6 Å². The van der Waals surface area contributed by atoms with Gasteiger partial charge in [0.15, 0.2) is 0 Å². The molecule has 2 aromatic rings. The number of methoxy groups -OCH3 is 1. The first-order valence-electron chi connectivity index (χ1n) is 6.52. The van der Waals surface area contributed by atoms with Crippen LogP contribution >= 0.6 is 11.6 Å². The van der Waals surface area contributed by atoms with E-state index in [4.69, 9.17) is 16.3 Å². The fraction of sp³-hybridized carbons (Fsp3) is 0.294. The summed E-state index contributed by atoms with van der Waals surface area (Å²) in [7, 11) is 1.69. The van der Waals surface area contributed by atoms with E-state index < -0.39 is 0 Å². The molecule has 1 nitrogen and oxygen atoms in total. The Morgan fingerprint density at radius 1 is 1.05 bits per heavy atom. The lowest BCUT2D eigenvalue weighted by atomic mass is 9.93. The lowest BCUT2D eigenvalue weighted by molar-refractivity contribution is 0.413. The maximum absolute atomic E-state index is 6.55. The summed E-state index contributed by atoms with van der Waals surface area (Å²) >= 11 is 6.55. The third kappa shape index (κ3) is 3.74. The van der Waals surface area contributed by atoms with Crippen molar-refractivity contribution in [3.63, 3.8) is 0 Å². The van der Waals surface area contributed by atoms with Crippen LogP contribution in [0.1, 0.15) is 23.4 Å². The van der Waals surface area contributed by atoms with Crippen LogP contribution in [0, 0.1) is 5.92 Å². The van der Waals surface area contributed by atoms with E-state index in [0.717, 1.165) is 12.2 Å². The molecule has 2 rings (SSSR count). The average Bonchev–Trinajstić information content (AvgIpc) is 2.47. The Morgan fingerprint density at radius 2 is 1.79 bits per heavy atom. The number of benzene rings is 2. The number of hydrogen-bond acceptors (Lipinski definition) is 1. The van der Waals surface area contributed by atoms with Gasteiger partial charge in [-0.25, -0.2) is 0 Å². The highest BCUT2D eigenvalue weighted by atomic mass is 35.5. The number of halogens is 1. The Bertz CT molecular complexity index is 510. The molecule has 2 heteroatoms. The molecule has 2 unspecified atom stereocenters. The summed E-state index contributed by atoms with van der Waals surface area (Å²) in [5, 5.41) is 0.0346. The smallest absolute Gasteiger partial charge is 0.119 e. The van der Waals surface area contributed by atoms with Gasteiger partial charge in [0.25, 0.3) is 0 Å². The number of ether oxygens (including phenoxy) is 1. The van der Waals surface area contributed by atoms with Gasteiger partial charge in [0.1, 0.15) is 5.75 Å². The van der Waals surface area contributed by atoms with Gasteiger partial charge in [-0.3, -0.25) is 0 Å². The molecule has 0 saturated carbocycles. The lowest BCUT2D eigenvalue weighted by Gasteiger charge is -2.18. The van der Waals surface area contributed by atoms with Crippen molar-refractivity contribution in [2.45, 2.75) is 18.7 Å². The van der Waals surface area contributed by atoms with Crippen LogP contribution in [0.15, 0.2) is 54.6 Å². The van der Waals surface area contributed by atoms with E-state index in [1.54, 1.807) is 7.11 Å². The minimum Gasteiger partial charge on any atom is -0.497 e. The van der Waals surface area contributed by atoms with Crippen molar-refractivity contribution < 1.29 is 4.74 Å². The molecule has 0 heterocycles. The molecule has 2 aromatic carbocycles. The molecule has 19 heavy (non-hydrogen) atoms. The van der Waals surface area contributed by atoms with E-state index in [1.807, 2.05) is 30.3 Å². The van der Waals surface area contributed by atoms with Crippen LogP contribution in [-0.2, 0) is 6.42 Å². The van der Waals surface area contributed by atoms with Gasteiger partial charge >= 0.3 is 0 Å². The molecule has 0 saturated heterocycles. The zero-order chi connectivity index (χ0) is 13.7. The van der Waals surface area contributed by atoms with Crippen molar-refractivity contribution in [1.82, 2.24) is 0 Å². The van der Waals surface area contributed by atoms with Crippen molar-refractivity contribution in [2.24, 2.45) is 5.92 Å². The summed E-state index contributed by atoms with van der Waals surface area (Å²) in [6.45, 7) is 2.18. The average molecular weight is 275 g/mol. The maximum atomic E-state index is 6.55. The maximum Gasteiger partial charge on any atom is 0.119 e. The quantitative estimate of drug-likeness (QED) is 0.708. The van der Waals surface area contributed by atoms with Crippen LogP contribution < -0.4 is 4.74 Å². The van der Waals surface area contributed by atoms with Gasteiger partial charge in [-0.2, -0.15) is 0 Å². The zero-order valence-corrected chi connectivity index (χ0v) is 12.1. The van der Waals surface area contributed by atoms with Crippen molar-refractivity contribution in [1.29, 1.82) is 0 Å². The second-order valence-corrected chi connectivity index (χ2v) is 5.32. The zero-order valence-electron chi connectivity index (χ0n) is 11.3. The van der Waals surface area contributed by atoms with E-state index in [9.17, 15) is 0 Å². The summed E-state index contributed by atoms with van der Waals surface area (Å²) in [5.41, 5.74) is 2.44. The van der Waals surface area contributed by atoms with E-state index in [-0.39, 0.29) is 5.38 Å². The molecule has 100 valence electrons. The van der Waals surface area contributed by atoms with Crippen LogP contribution in [0.3, 0.4) is 0 Å². The van der Waals surface area contributed by atoms with Gasteiger partial charge in [0, 0.05) is 0 Å². The summed E-state index contributed by atoms with van der Waals surface area (Å²) in [5.74, 6) is 1.27. The van der Waals surface area contributed by atoms with Gasteiger partial charge in [-0.1, -0.05) is 49.4 Å². The molecule has 0 spiro atoms. The van der Waals surface area contributed by atoms with Gasteiger partial charge in [-0.15, -0.1) is 11.6 Å². The SMILES string of the molecule is COc1cccc(CC(C)C(Cl)c2ccccc2)c1. The topological polar surface area (TPSA) is 9.23 Å². The van der Waals surface area contributed by atoms with Crippen molar-refractivity contribution in [3.8, 4) is 5.75 Å². The fourth-order valence-electron chi connectivity index (χ4n) is 2.24. The highest BCUT2D eigenvalue weighted by molar-refractivity contribution is 6.21. The number of rotatable bonds is 5. The van der Waals surface area contributed by atoms with Gasteiger partial charge in [0.05, 0.1) is 12.5 Å². The Labute approximate surface area is 120 Å². The molecule has 0 aliphatic rings. The van der Waals surface area contributed by atoms with E-state index >= 15 is 0 Å². The van der Waals surface area contributed by atoms with E-state index in [0.29, 0.717) is 5.92 Å². The largest absolute Gasteiger partial charge is 0.497 e. The lowest BCUT2D eigenvalue weighted by Crippen LogP contribution is -2.07. The third-order valence-corrected chi connectivity index (χ3v) is 3.99. The fourth-order valence-corrected chi connectivity index (χ4v) is 2.47. The normalized spacial score (nSPS) is 13.8. The van der Waals surface area contributed by atoms with Crippen LogP contribution in [-0.4, -0.2) is 7.11 Å². The van der Waals surface area contributed by atoms with Crippen LogP contribution in [0.4, 0.5) is 0 Å².